The summed E-state index contributed by atoms with van der Waals surface area (Å²) >= 11 is 6.42. The van der Waals surface area contributed by atoms with E-state index in [2.05, 4.69) is 31.9 Å². The van der Waals surface area contributed by atoms with Gasteiger partial charge in [-0.05, 0) is 35.9 Å². The number of alkyl halides is 2. The summed E-state index contributed by atoms with van der Waals surface area (Å²) in [6.07, 6.45) is 0.817. The highest BCUT2D eigenvalue weighted by atomic mass is 79.9. The molecule has 2 aromatic rings. The van der Waals surface area contributed by atoms with Crippen molar-refractivity contribution in [1.82, 2.24) is 0 Å². The molecule has 0 aliphatic heterocycles. The Morgan fingerprint density at radius 1 is 1.17 bits per heavy atom. The van der Waals surface area contributed by atoms with Crippen LogP contribution in [0.4, 0.5) is 0 Å². The molecule has 4 nitrogen and oxygen atoms in total. The Labute approximate surface area is 151 Å². The maximum absolute atomic E-state index is 11.9. The first-order valence-electron chi connectivity index (χ1n) is 6.73. The van der Waals surface area contributed by atoms with E-state index in [1.807, 2.05) is 0 Å². The number of carbonyl (C=O) groups is 2. The number of carbonyl (C=O) groups excluding carboxylic acids is 2. The molecule has 1 atom stereocenters. The Hall–Kier alpha value is -1.66. The molecule has 2 aromatic carbocycles. The number of hydrogen-bond acceptors (Lipinski definition) is 4. The molecule has 0 spiro atoms. The largest absolute Gasteiger partial charge is 0.496 e. The van der Waals surface area contributed by atoms with E-state index in [1.165, 1.54) is 7.11 Å². The summed E-state index contributed by atoms with van der Waals surface area (Å²) in [6.45, 7) is 0. The smallest absolute Gasteiger partial charge is 0.177 e. The molecular weight excluding hydrogens is 428 g/mol. The molecule has 0 aliphatic carbocycles. The summed E-state index contributed by atoms with van der Waals surface area (Å²) in [5.74, 6) is 1.57. The molecule has 0 saturated carbocycles. The Balaban J connectivity index is 2.23. The molecule has 23 heavy (non-hydrogen) atoms. The lowest BCUT2D eigenvalue weighted by Gasteiger charge is -2.11. The number of rotatable bonds is 7. The molecule has 0 N–H and O–H groups in total. The van der Waals surface area contributed by atoms with Crippen molar-refractivity contribution in [3.63, 3.8) is 0 Å². The van der Waals surface area contributed by atoms with Crippen LogP contribution in [0.2, 0.25) is 0 Å². The van der Waals surface area contributed by atoms with Crippen LogP contribution in [0.5, 0.6) is 17.2 Å². The highest BCUT2D eigenvalue weighted by Gasteiger charge is 2.13. The predicted molar refractivity (Wildman–Crippen MR) is 95.4 cm³/mol. The van der Waals surface area contributed by atoms with Crippen LogP contribution in [0.3, 0.4) is 0 Å². The zero-order valence-electron chi connectivity index (χ0n) is 12.3. The van der Waals surface area contributed by atoms with E-state index in [0.29, 0.717) is 22.8 Å². The third kappa shape index (κ3) is 4.42. The lowest BCUT2D eigenvalue weighted by Crippen LogP contribution is -2.03. The van der Waals surface area contributed by atoms with Gasteiger partial charge in [0, 0.05) is 0 Å². The van der Waals surface area contributed by atoms with Crippen molar-refractivity contribution in [1.29, 1.82) is 0 Å². The molecule has 0 saturated heterocycles. The SMILES string of the molecule is COc1ccc(Oc2ccc(C(Br)C=O)cc2)cc1C(=O)CBr. The number of halogens is 2. The summed E-state index contributed by atoms with van der Waals surface area (Å²) in [5.41, 5.74) is 1.30. The second-order valence-corrected chi connectivity index (χ2v) is 6.18. The Morgan fingerprint density at radius 3 is 2.39 bits per heavy atom. The minimum atomic E-state index is -0.333. The number of methoxy groups -OCH3 is 1. The van der Waals surface area contributed by atoms with Gasteiger partial charge in [-0.2, -0.15) is 0 Å². The zero-order chi connectivity index (χ0) is 16.8. The topological polar surface area (TPSA) is 52.6 Å². The molecule has 2 rings (SSSR count). The van der Waals surface area contributed by atoms with Crippen molar-refractivity contribution in [3.8, 4) is 17.2 Å². The van der Waals surface area contributed by atoms with Gasteiger partial charge in [0.2, 0.25) is 0 Å². The molecule has 0 amide bonds. The van der Waals surface area contributed by atoms with Gasteiger partial charge in [0.1, 0.15) is 23.5 Å². The van der Waals surface area contributed by atoms with Crippen LogP contribution in [0.25, 0.3) is 0 Å². The van der Waals surface area contributed by atoms with Crippen molar-refractivity contribution in [2.24, 2.45) is 0 Å². The first-order valence-corrected chi connectivity index (χ1v) is 8.77. The molecule has 0 bridgehead atoms. The number of Topliss-reactive ketones (excluding diaryl/α,β-unsaturated/α-hetero) is 1. The average Bonchev–Trinajstić information content (AvgIpc) is 2.61. The first kappa shape index (κ1) is 17.7. The van der Waals surface area contributed by atoms with Gasteiger partial charge in [0.25, 0.3) is 0 Å². The molecule has 0 radical (unpaired) electrons. The monoisotopic (exact) mass is 440 g/mol. The summed E-state index contributed by atoms with van der Waals surface area (Å²) in [7, 11) is 1.52. The van der Waals surface area contributed by atoms with Gasteiger partial charge in [0.05, 0.1) is 22.8 Å². The molecule has 1 unspecified atom stereocenters. The van der Waals surface area contributed by atoms with Crippen LogP contribution in [-0.2, 0) is 4.79 Å². The standard InChI is InChI=1S/C17H14Br2O4/c1-22-17-7-6-13(8-14(17)16(21)9-18)23-12-4-2-11(3-5-12)15(19)10-20/h2-8,10,15H,9H2,1H3. The quantitative estimate of drug-likeness (QED) is 0.355. The van der Waals surface area contributed by atoms with E-state index < -0.39 is 0 Å². The van der Waals surface area contributed by atoms with E-state index in [9.17, 15) is 9.59 Å². The maximum atomic E-state index is 11.9. The number of hydrogen-bond donors (Lipinski definition) is 0. The van der Waals surface area contributed by atoms with Crippen LogP contribution in [0.1, 0.15) is 20.7 Å². The van der Waals surface area contributed by atoms with E-state index in [4.69, 9.17) is 9.47 Å². The highest BCUT2D eigenvalue weighted by molar-refractivity contribution is 9.09. The second kappa shape index (κ2) is 8.26. The summed E-state index contributed by atoms with van der Waals surface area (Å²) in [5, 5.41) is 0.208. The van der Waals surface area contributed by atoms with Crippen LogP contribution < -0.4 is 9.47 Å². The van der Waals surface area contributed by atoms with Gasteiger partial charge >= 0.3 is 0 Å². The number of ether oxygens (including phenoxy) is 2. The van der Waals surface area contributed by atoms with Gasteiger partial charge in [-0.3, -0.25) is 4.79 Å². The van der Waals surface area contributed by atoms with E-state index in [0.717, 1.165) is 11.8 Å². The maximum Gasteiger partial charge on any atom is 0.177 e. The fourth-order valence-electron chi connectivity index (χ4n) is 1.97. The average molecular weight is 442 g/mol. The Kier molecular flexibility index (Phi) is 6.36. The van der Waals surface area contributed by atoms with Crippen molar-refractivity contribution in [2.75, 3.05) is 12.4 Å². The van der Waals surface area contributed by atoms with Crippen LogP contribution in [0, 0.1) is 0 Å². The van der Waals surface area contributed by atoms with E-state index in [-0.39, 0.29) is 15.9 Å². The molecule has 0 aromatic heterocycles. The number of benzene rings is 2. The van der Waals surface area contributed by atoms with Crippen LogP contribution >= 0.6 is 31.9 Å². The van der Waals surface area contributed by atoms with Gasteiger partial charge in [0.15, 0.2) is 5.78 Å². The van der Waals surface area contributed by atoms with Crippen LogP contribution in [0.15, 0.2) is 42.5 Å². The fourth-order valence-corrected chi connectivity index (χ4v) is 2.58. The molecular formula is C17H14Br2O4. The van der Waals surface area contributed by atoms with Gasteiger partial charge in [-0.25, -0.2) is 0 Å². The van der Waals surface area contributed by atoms with Crippen molar-refractivity contribution in [2.45, 2.75) is 4.83 Å². The lowest BCUT2D eigenvalue weighted by atomic mass is 10.1. The van der Waals surface area contributed by atoms with Crippen molar-refractivity contribution >= 4 is 43.9 Å². The third-order valence-electron chi connectivity index (χ3n) is 3.15. The number of ketones is 1. The van der Waals surface area contributed by atoms with Crippen LogP contribution in [-0.4, -0.2) is 24.5 Å². The molecule has 120 valence electrons. The Morgan fingerprint density at radius 2 is 1.83 bits per heavy atom. The summed E-state index contributed by atoms with van der Waals surface area (Å²) in [6, 6.07) is 12.2. The van der Waals surface area contributed by atoms with Crippen molar-refractivity contribution in [3.05, 3.63) is 53.6 Å². The molecule has 6 heteroatoms. The predicted octanol–water partition coefficient (Wildman–Crippen LogP) is 4.70. The minimum Gasteiger partial charge on any atom is -0.496 e. The van der Waals surface area contributed by atoms with E-state index in [1.54, 1.807) is 42.5 Å². The lowest BCUT2D eigenvalue weighted by molar-refractivity contribution is -0.107. The van der Waals surface area contributed by atoms with Gasteiger partial charge in [-0.15, -0.1) is 0 Å². The third-order valence-corrected chi connectivity index (χ3v) is 4.40. The second-order valence-electron chi connectivity index (χ2n) is 4.63. The van der Waals surface area contributed by atoms with Gasteiger partial charge in [-0.1, -0.05) is 44.0 Å². The first-order chi connectivity index (χ1) is 11.1. The van der Waals surface area contributed by atoms with Gasteiger partial charge < -0.3 is 14.3 Å². The zero-order valence-corrected chi connectivity index (χ0v) is 15.5. The normalized spacial score (nSPS) is 11.6. The molecule has 0 fully saturated rings. The van der Waals surface area contributed by atoms with E-state index >= 15 is 0 Å². The minimum absolute atomic E-state index is 0.0873. The summed E-state index contributed by atoms with van der Waals surface area (Å²) < 4.78 is 10.9. The fraction of sp³-hybridized carbons (Fsp3) is 0.176. The number of aldehydes is 1. The van der Waals surface area contributed by atoms with Crippen molar-refractivity contribution < 1.29 is 19.1 Å². The summed E-state index contributed by atoms with van der Waals surface area (Å²) in [4.78, 5) is 22.3. The molecule has 0 heterocycles. The Bertz CT molecular complexity index is 698. The molecule has 0 aliphatic rings. The highest BCUT2D eigenvalue weighted by Crippen LogP contribution is 2.29.